The Morgan fingerprint density at radius 3 is 2.04 bits per heavy atom. The van der Waals surface area contributed by atoms with E-state index >= 15 is 0 Å². The second-order valence-electron chi connectivity index (χ2n) is 6.59. The molecule has 0 saturated carbocycles. The molecule has 0 bridgehead atoms. The van der Waals surface area contributed by atoms with E-state index in [2.05, 4.69) is 12.2 Å². The van der Waals surface area contributed by atoms with E-state index in [0.717, 1.165) is 25.0 Å². The van der Waals surface area contributed by atoms with Gasteiger partial charge in [-0.05, 0) is 68.8 Å². The van der Waals surface area contributed by atoms with Crippen LogP contribution in [0.4, 0.5) is 5.69 Å². The highest BCUT2D eigenvalue weighted by molar-refractivity contribution is 6.04. The molecule has 2 amide bonds. The maximum absolute atomic E-state index is 12.4. The average molecular weight is 383 g/mol. The quantitative estimate of drug-likeness (QED) is 0.589. The van der Waals surface area contributed by atoms with Crippen LogP contribution in [0.25, 0.3) is 0 Å². The lowest BCUT2D eigenvalue weighted by atomic mass is 10.1. The van der Waals surface area contributed by atoms with E-state index in [1.165, 1.54) is 0 Å². The summed E-state index contributed by atoms with van der Waals surface area (Å²) >= 11 is 0. The normalized spacial score (nSPS) is 10.4. The minimum absolute atomic E-state index is 0.00241. The fourth-order valence-electron chi connectivity index (χ4n) is 2.84. The van der Waals surface area contributed by atoms with E-state index in [9.17, 15) is 9.59 Å². The number of amides is 2. The molecule has 0 heterocycles. The predicted molar refractivity (Wildman–Crippen MR) is 113 cm³/mol. The van der Waals surface area contributed by atoms with E-state index in [0.29, 0.717) is 36.5 Å². The standard InChI is InChI=1S/C23H30N2O3/c1-4-7-8-17-28-21-15-11-18(12-16-21)22(26)24-20-13-9-19(10-14-20)23(27)25(5-2)6-3/h9-16H,4-8,17H2,1-3H3,(H,24,26). The molecule has 0 aliphatic carbocycles. The Labute approximate surface area is 167 Å². The third-order valence-corrected chi connectivity index (χ3v) is 4.57. The highest BCUT2D eigenvalue weighted by Crippen LogP contribution is 2.16. The number of benzene rings is 2. The van der Waals surface area contributed by atoms with Gasteiger partial charge >= 0.3 is 0 Å². The summed E-state index contributed by atoms with van der Waals surface area (Å²) in [5, 5.41) is 2.86. The highest BCUT2D eigenvalue weighted by atomic mass is 16.5. The van der Waals surface area contributed by atoms with Crippen LogP contribution in [0.3, 0.4) is 0 Å². The molecule has 28 heavy (non-hydrogen) atoms. The molecule has 0 radical (unpaired) electrons. The predicted octanol–water partition coefficient (Wildman–Crippen LogP) is 4.99. The van der Waals surface area contributed by atoms with Crippen LogP contribution < -0.4 is 10.1 Å². The number of nitrogens with zero attached hydrogens (tertiary/aromatic N) is 1. The molecule has 1 N–H and O–H groups in total. The minimum atomic E-state index is -0.194. The van der Waals surface area contributed by atoms with Crippen LogP contribution in [0.1, 0.15) is 60.7 Å². The first-order valence-corrected chi connectivity index (χ1v) is 10.0. The van der Waals surface area contributed by atoms with Crippen molar-refractivity contribution in [2.75, 3.05) is 25.0 Å². The number of ether oxygens (including phenoxy) is 1. The van der Waals surface area contributed by atoms with E-state index < -0.39 is 0 Å². The molecular formula is C23H30N2O3. The number of unbranched alkanes of at least 4 members (excludes halogenated alkanes) is 2. The summed E-state index contributed by atoms with van der Waals surface area (Å²) < 4.78 is 5.67. The molecule has 0 spiro atoms. The zero-order valence-corrected chi connectivity index (χ0v) is 17.0. The van der Waals surface area contributed by atoms with Gasteiger partial charge in [0.15, 0.2) is 0 Å². The fourth-order valence-corrected chi connectivity index (χ4v) is 2.84. The molecule has 2 aromatic rings. The third kappa shape index (κ3) is 6.12. The topological polar surface area (TPSA) is 58.6 Å². The molecule has 5 nitrogen and oxygen atoms in total. The van der Waals surface area contributed by atoms with Crippen molar-refractivity contribution < 1.29 is 14.3 Å². The Hall–Kier alpha value is -2.82. The molecule has 2 rings (SSSR count). The van der Waals surface area contributed by atoms with Crippen molar-refractivity contribution in [1.82, 2.24) is 4.90 Å². The monoisotopic (exact) mass is 382 g/mol. The van der Waals surface area contributed by atoms with E-state index in [1.807, 2.05) is 26.0 Å². The Kier molecular flexibility index (Phi) is 8.53. The van der Waals surface area contributed by atoms with Gasteiger partial charge in [0.2, 0.25) is 0 Å². The smallest absolute Gasteiger partial charge is 0.255 e. The van der Waals surface area contributed by atoms with Crippen LogP contribution in [-0.2, 0) is 0 Å². The first-order valence-electron chi connectivity index (χ1n) is 10.0. The van der Waals surface area contributed by atoms with Gasteiger partial charge in [0.05, 0.1) is 6.61 Å². The molecule has 150 valence electrons. The highest BCUT2D eigenvalue weighted by Gasteiger charge is 2.12. The molecule has 0 unspecified atom stereocenters. The van der Waals surface area contributed by atoms with Gasteiger partial charge < -0.3 is 15.0 Å². The molecular weight excluding hydrogens is 352 g/mol. The zero-order valence-electron chi connectivity index (χ0n) is 17.0. The molecule has 0 aromatic heterocycles. The van der Waals surface area contributed by atoms with Crippen LogP contribution in [0, 0.1) is 0 Å². The summed E-state index contributed by atoms with van der Waals surface area (Å²) in [6.45, 7) is 8.11. The summed E-state index contributed by atoms with van der Waals surface area (Å²) in [6.07, 6.45) is 3.35. The van der Waals surface area contributed by atoms with Crippen molar-refractivity contribution in [3.8, 4) is 5.75 Å². The number of nitrogens with one attached hydrogen (secondary N) is 1. The van der Waals surface area contributed by atoms with Gasteiger partial charge in [0, 0.05) is 29.9 Å². The molecule has 0 fully saturated rings. The molecule has 0 saturated heterocycles. The van der Waals surface area contributed by atoms with Crippen molar-refractivity contribution >= 4 is 17.5 Å². The fraction of sp³-hybridized carbons (Fsp3) is 0.391. The van der Waals surface area contributed by atoms with Crippen molar-refractivity contribution in [2.24, 2.45) is 0 Å². The summed E-state index contributed by atoms with van der Waals surface area (Å²) in [5.41, 5.74) is 1.83. The molecule has 2 aromatic carbocycles. The van der Waals surface area contributed by atoms with E-state index in [-0.39, 0.29) is 11.8 Å². The largest absolute Gasteiger partial charge is 0.494 e. The third-order valence-electron chi connectivity index (χ3n) is 4.57. The van der Waals surface area contributed by atoms with Crippen molar-refractivity contribution in [1.29, 1.82) is 0 Å². The number of hydrogen-bond acceptors (Lipinski definition) is 3. The van der Waals surface area contributed by atoms with Gasteiger partial charge in [-0.1, -0.05) is 19.8 Å². The molecule has 5 heteroatoms. The van der Waals surface area contributed by atoms with Gasteiger partial charge in [-0.3, -0.25) is 9.59 Å². The van der Waals surface area contributed by atoms with Gasteiger partial charge in [-0.15, -0.1) is 0 Å². The van der Waals surface area contributed by atoms with Crippen LogP contribution >= 0.6 is 0 Å². The van der Waals surface area contributed by atoms with Crippen LogP contribution in [-0.4, -0.2) is 36.4 Å². The first kappa shape index (κ1) is 21.5. The first-order chi connectivity index (χ1) is 13.6. The maximum atomic E-state index is 12.4. The SMILES string of the molecule is CCCCCOc1ccc(C(=O)Nc2ccc(C(=O)N(CC)CC)cc2)cc1. The Morgan fingerprint density at radius 1 is 0.857 bits per heavy atom. The number of carbonyl (C=O) groups excluding carboxylic acids is 2. The zero-order chi connectivity index (χ0) is 20.4. The van der Waals surface area contributed by atoms with Gasteiger partial charge in [-0.25, -0.2) is 0 Å². The van der Waals surface area contributed by atoms with Gasteiger partial charge in [0.25, 0.3) is 11.8 Å². The number of carbonyl (C=O) groups is 2. The minimum Gasteiger partial charge on any atom is -0.494 e. The van der Waals surface area contributed by atoms with Crippen molar-refractivity contribution in [3.05, 3.63) is 59.7 Å². The van der Waals surface area contributed by atoms with Gasteiger partial charge in [-0.2, -0.15) is 0 Å². The number of anilines is 1. The Bertz CT molecular complexity index is 750. The van der Waals surface area contributed by atoms with Crippen LogP contribution in [0.2, 0.25) is 0 Å². The molecule has 0 atom stereocenters. The maximum Gasteiger partial charge on any atom is 0.255 e. The van der Waals surface area contributed by atoms with Crippen LogP contribution in [0.15, 0.2) is 48.5 Å². The Morgan fingerprint density at radius 2 is 1.46 bits per heavy atom. The van der Waals surface area contributed by atoms with Gasteiger partial charge in [0.1, 0.15) is 5.75 Å². The lowest BCUT2D eigenvalue weighted by Gasteiger charge is -2.18. The lowest BCUT2D eigenvalue weighted by Crippen LogP contribution is -2.30. The van der Waals surface area contributed by atoms with Crippen molar-refractivity contribution in [3.63, 3.8) is 0 Å². The van der Waals surface area contributed by atoms with Crippen LogP contribution in [0.5, 0.6) is 5.75 Å². The molecule has 0 aliphatic rings. The lowest BCUT2D eigenvalue weighted by molar-refractivity contribution is 0.0773. The summed E-state index contributed by atoms with van der Waals surface area (Å²) in [7, 11) is 0. The number of hydrogen-bond donors (Lipinski definition) is 1. The van der Waals surface area contributed by atoms with E-state index in [1.54, 1.807) is 41.3 Å². The summed E-state index contributed by atoms with van der Waals surface area (Å²) in [6, 6.07) is 14.1. The van der Waals surface area contributed by atoms with Crippen molar-refractivity contribution in [2.45, 2.75) is 40.0 Å². The summed E-state index contributed by atoms with van der Waals surface area (Å²) in [5.74, 6) is 0.574. The Balaban J connectivity index is 1.92. The molecule has 0 aliphatic heterocycles. The van der Waals surface area contributed by atoms with E-state index in [4.69, 9.17) is 4.74 Å². The average Bonchev–Trinajstić information content (AvgIpc) is 2.73. The number of rotatable bonds is 10. The summed E-state index contributed by atoms with van der Waals surface area (Å²) in [4.78, 5) is 26.5. The second kappa shape index (κ2) is 11.1. The second-order valence-corrected chi connectivity index (χ2v) is 6.59.